The number of ether oxygens (including phenoxy) is 1. The molecule has 0 atom stereocenters. The van der Waals surface area contributed by atoms with Crippen molar-refractivity contribution in [1.29, 1.82) is 0 Å². The quantitative estimate of drug-likeness (QED) is 0.829. The molecule has 1 aromatic carbocycles. The molecule has 0 saturated carbocycles. The zero-order chi connectivity index (χ0) is 14.2. The van der Waals surface area contributed by atoms with Crippen LogP contribution in [0.25, 0.3) is 10.9 Å². The molecule has 0 radical (unpaired) electrons. The third kappa shape index (κ3) is 1.97. The minimum atomic E-state index is -1.05. The third-order valence-electron chi connectivity index (χ3n) is 3.22. The average molecular weight is 261 g/mol. The Labute approximate surface area is 110 Å². The molecule has 100 valence electrons. The van der Waals surface area contributed by atoms with Crippen LogP contribution in [0.2, 0.25) is 0 Å². The summed E-state index contributed by atoms with van der Waals surface area (Å²) in [5, 5.41) is 9.79. The van der Waals surface area contributed by atoms with Crippen molar-refractivity contribution in [2.24, 2.45) is 0 Å². The number of H-pyrrole nitrogens is 1. The van der Waals surface area contributed by atoms with Crippen LogP contribution in [-0.2, 0) is 0 Å². The van der Waals surface area contributed by atoms with Crippen LogP contribution < -0.4 is 4.74 Å². The number of ketones is 1. The molecular formula is C14H15NO4. The Morgan fingerprint density at radius 1 is 1.37 bits per heavy atom. The lowest BCUT2D eigenvalue weighted by Crippen LogP contribution is -2.00. The summed E-state index contributed by atoms with van der Waals surface area (Å²) < 4.78 is 5.21. The Balaban J connectivity index is 2.87. The first-order valence-electron chi connectivity index (χ1n) is 5.97. The summed E-state index contributed by atoms with van der Waals surface area (Å²) in [5.41, 5.74) is 1.72. The van der Waals surface area contributed by atoms with Gasteiger partial charge in [-0.25, -0.2) is 4.79 Å². The van der Waals surface area contributed by atoms with E-state index >= 15 is 0 Å². The molecule has 19 heavy (non-hydrogen) atoms. The summed E-state index contributed by atoms with van der Waals surface area (Å²) in [6, 6.07) is 3.35. The van der Waals surface area contributed by atoms with Gasteiger partial charge in [-0.15, -0.1) is 0 Å². The number of benzene rings is 1. The predicted octanol–water partition coefficient (Wildman–Crippen LogP) is 2.78. The lowest BCUT2D eigenvalue weighted by molar-refractivity contribution is 0.0690. The van der Waals surface area contributed by atoms with Crippen molar-refractivity contribution < 1.29 is 19.4 Å². The molecule has 0 saturated heterocycles. The van der Waals surface area contributed by atoms with E-state index in [1.54, 1.807) is 26.0 Å². The molecule has 2 rings (SSSR count). The van der Waals surface area contributed by atoms with Crippen LogP contribution >= 0.6 is 0 Å². The lowest BCUT2D eigenvalue weighted by atomic mass is 10.0. The van der Waals surface area contributed by atoms with E-state index in [9.17, 15) is 9.59 Å². The van der Waals surface area contributed by atoms with Gasteiger partial charge >= 0.3 is 5.97 Å². The maximum absolute atomic E-state index is 12.0. The SMILES string of the molecule is CCC(=O)c1ccc(OC)c2[nH]c(C(=O)O)c(C)c12. The summed E-state index contributed by atoms with van der Waals surface area (Å²) in [6.07, 6.45) is 0.369. The largest absolute Gasteiger partial charge is 0.495 e. The fourth-order valence-electron chi connectivity index (χ4n) is 2.25. The Morgan fingerprint density at radius 2 is 2.05 bits per heavy atom. The first kappa shape index (κ1) is 13.1. The van der Waals surface area contributed by atoms with Gasteiger partial charge in [0.25, 0.3) is 0 Å². The van der Waals surface area contributed by atoms with Crippen LogP contribution in [0, 0.1) is 6.92 Å². The van der Waals surface area contributed by atoms with Crippen molar-refractivity contribution >= 4 is 22.7 Å². The molecule has 5 heteroatoms. The number of aryl methyl sites for hydroxylation is 1. The number of aromatic carboxylic acids is 1. The van der Waals surface area contributed by atoms with Gasteiger partial charge < -0.3 is 14.8 Å². The monoisotopic (exact) mass is 261 g/mol. The standard InChI is InChI=1S/C14H15NO4/c1-4-9(16)8-5-6-10(19-3)13-11(8)7(2)12(15-13)14(17)18/h5-6,15H,4H2,1-3H3,(H,17,18). The van der Waals surface area contributed by atoms with E-state index in [1.807, 2.05) is 0 Å². The number of aromatic nitrogens is 1. The van der Waals surface area contributed by atoms with Crippen LogP contribution in [-0.4, -0.2) is 29.0 Å². The fraction of sp³-hybridized carbons (Fsp3) is 0.286. The topological polar surface area (TPSA) is 79.4 Å². The van der Waals surface area contributed by atoms with Gasteiger partial charge in [-0.1, -0.05) is 6.92 Å². The van der Waals surface area contributed by atoms with E-state index < -0.39 is 5.97 Å². The van der Waals surface area contributed by atoms with Crippen LogP contribution in [0.15, 0.2) is 12.1 Å². The first-order valence-corrected chi connectivity index (χ1v) is 5.97. The molecule has 0 aliphatic heterocycles. The molecule has 0 fully saturated rings. The maximum Gasteiger partial charge on any atom is 0.352 e. The molecule has 0 unspecified atom stereocenters. The van der Waals surface area contributed by atoms with E-state index in [0.717, 1.165) is 0 Å². The van der Waals surface area contributed by atoms with E-state index in [4.69, 9.17) is 9.84 Å². The summed E-state index contributed by atoms with van der Waals surface area (Å²) in [7, 11) is 1.51. The summed E-state index contributed by atoms with van der Waals surface area (Å²) in [4.78, 5) is 26.0. The molecule has 0 aliphatic rings. The highest BCUT2D eigenvalue weighted by molar-refractivity contribution is 6.12. The molecule has 0 aliphatic carbocycles. The van der Waals surface area contributed by atoms with Crippen LogP contribution in [0.4, 0.5) is 0 Å². The van der Waals surface area contributed by atoms with Gasteiger partial charge in [0.15, 0.2) is 5.78 Å². The van der Waals surface area contributed by atoms with E-state index in [2.05, 4.69) is 4.98 Å². The van der Waals surface area contributed by atoms with Gasteiger partial charge in [0.2, 0.25) is 0 Å². The number of fused-ring (bicyclic) bond motifs is 1. The van der Waals surface area contributed by atoms with Crippen molar-refractivity contribution in [3.05, 3.63) is 29.0 Å². The van der Waals surface area contributed by atoms with Gasteiger partial charge in [-0.05, 0) is 24.6 Å². The van der Waals surface area contributed by atoms with Gasteiger partial charge in [0.05, 0.1) is 12.6 Å². The Bertz CT molecular complexity index is 670. The minimum Gasteiger partial charge on any atom is -0.495 e. The highest BCUT2D eigenvalue weighted by Gasteiger charge is 2.21. The number of nitrogens with one attached hydrogen (secondary N) is 1. The van der Waals surface area contributed by atoms with Gasteiger partial charge in [0, 0.05) is 17.4 Å². The van der Waals surface area contributed by atoms with E-state index in [0.29, 0.717) is 34.2 Å². The number of carbonyl (C=O) groups is 2. The number of carbonyl (C=O) groups excluding carboxylic acids is 1. The Morgan fingerprint density at radius 3 is 2.58 bits per heavy atom. The number of carboxylic acid groups (broad SMARTS) is 1. The number of aromatic amines is 1. The predicted molar refractivity (Wildman–Crippen MR) is 71.2 cm³/mol. The van der Waals surface area contributed by atoms with E-state index in [1.165, 1.54) is 7.11 Å². The van der Waals surface area contributed by atoms with Gasteiger partial charge in [-0.2, -0.15) is 0 Å². The molecule has 1 aromatic heterocycles. The fourth-order valence-corrected chi connectivity index (χ4v) is 2.25. The Hall–Kier alpha value is -2.30. The second-order valence-electron chi connectivity index (χ2n) is 4.27. The molecule has 1 heterocycles. The number of rotatable bonds is 4. The Kier molecular flexibility index (Phi) is 3.29. The summed E-state index contributed by atoms with van der Waals surface area (Å²) >= 11 is 0. The zero-order valence-corrected chi connectivity index (χ0v) is 11.0. The average Bonchev–Trinajstić information content (AvgIpc) is 2.75. The first-order chi connectivity index (χ1) is 9.01. The summed E-state index contributed by atoms with van der Waals surface area (Å²) in [6.45, 7) is 3.46. The molecule has 0 spiro atoms. The molecule has 2 N–H and O–H groups in total. The smallest absolute Gasteiger partial charge is 0.352 e. The number of hydrogen-bond acceptors (Lipinski definition) is 3. The number of Topliss-reactive ketones (excluding diaryl/α,β-unsaturated/α-hetero) is 1. The van der Waals surface area contributed by atoms with Crippen molar-refractivity contribution in [2.45, 2.75) is 20.3 Å². The molecular weight excluding hydrogens is 246 g/mol. The van der Waals surface area contributed by atoms with Gasteiger partial charge in [0.1, 0.15) is 11.4 Å². The van der Waals surface area contributed by atoms with Crippen molar-refractivity contribution in [1.82, 2.24) is 4.98 Å². The highest BCUT2D eigenvalue weighted by Crippen LogP contribution is 2.33. The van der Waals surface area contributed by atoms with E-state index in [-0.39, 0.29) is 11.5 Å². The number of hydrogen-bond donors (Lipinski definition) is 2. The lowest BCUT2D eigenvalue weighted by Gasteiger charge is -2.06. The zero-order valence-electron chi connectivity index (χ0n) is 11.0. The van der Waals surface area contributed by atoms with Crippen molar-refractivity contribution in [3.8, 4) is 5.75 Å². The van der Waals surface area contributed by atoms with Crippen molar-refractivity contribution in [2.75, 3.05) is 7.11 Å². The normalized spacial score (nSPS) is 10.7. The highest BCUT2D eigenvalue weighted by atomic mass is 16.5. The molecule has 0 bridgehead atoms. The van der Waals surface area contributed by atoms with Crippen LogP contribution in [0.3, 0.4) is 0 Å². The second-order valence-corrected chi connectivity index (χ2v) is 4.27. The molecule has 0 amide bonds. The minimum absolute atomic E-state index is 0.0216. The molecule has 2 aromatic rings. The van der Waals surface area contributed by atoms with Crippen LogP contribution in [0.5, 0.6) is 5.75 Å². The maximum atomic E-state index is 12.0. The third-order valence-corrected chi connectivity index (χ3v) is 3.22. The second kappa shape index (κ2) is 4.76. The summed E-state index contributed by atoms with van der Waals surface area (Å²) in [5.74, 6) is -0.546. The molecule has 5 nitrogen and oxygen atoms in total. The van der Waals surface area contributed by atoms with Crippen LogP contribution in [0.1, 0.15) is 39.8 Å². The number of carboxylic acids is 1. The van der Waals surface area contributed by atoms with Gasteiger partial charge in [-0.3, -0.25) is 4.79 Å². The van der Waals surface area contributed by atoms with Crippen molar-refractivity contribution in [3.63, 3.8) is 0 Å². The number of methoxy groups -OCH3 is 1.